The Morgan fingerprint density at radius 1 is 0.301 bits per heavy atom. The van der Waals surface area contributed by atoms with E-state index in [1.54, 1.807) is 6.08 Å². The summed E-state index contributed by atoms with van der Waals surface area (Å²) >= 11 is 0. The van der Waals surface area contributed by atoms with Crippen LogP contribution in [0.4, 0.5) is 0 Å². The van der Waals surface area contributed by atoms with Crippen molar-refractivity contribution in [3.05, 3.63) is 72.9 Å². The molecule has 0 heterocycles. The predicted octanol–water partition coefficient (Wildman–Crippen LogP) is 21.3. The van der Waals surface area contributed by atoms with Crippen molar-refractivity contribution in [2.45, 2.75) is 322 Å². The standard InChI is InChI=1S/C67H118O6/c1-4-7-10-13-16-18-20-22-24-25-26-27-28-29-30-31-32-33-34-35-36-37-38-39-40-41-43-44-46-48-51-54-57-60-66(69)72-63-64(62-71-65(68)59-56-53-50-15-12-9-6-3)73-67(70)61-58-55-52-49-47-45-42-23-21-19-17-14-11-8-5-2/h8,11,17,19,23,25-26,42,47,49,55,58,64H,4-7,9-10,12-16,18,20-22,24,27-41,43-46,48,50-54,56-57,59-63H2,1-3H3/b11-8-,19-17-,26-25-,42-23-,49-47-,58-55-. The van der Waals surface area contributed by atoms with E-state index in [1.165, 1.54) is 205 Å². The van der Waals surface area contributed by atoms with Crippen molar-refractivity contribution in [1.29, 1.82) is 0 Å². The molecule has 1 unspecified atom stereocenters. The van der Waals surface area contributed by atoms with Crippen molar-refractivity contribution < 1.29 is 28.6 Å². The quantitative estimate of drug-likeness (QED) is 0.0261. The first-order chi connectivity index (χ1) is 36.0. The maximum atomic E-state index is 12.7. The van der Waals surface area contributed by atoms with Gasteiger partial charge in [0.2, 0.25) is 0 Å². The number of esters is 3. The lowest BCUT2D eigenvalue weighted by Gasteiger charge is -2.18. The number of rotatable bonds is 57. The highest BCUT2D eigenvalue weighted by atomic mass is 16.6. The van der Waals surface area contributed by atoms with Crippen LogP contribution in [0.3, 0.4) is 0 Å². The van der Waals surface area contributed by atoms with Crippen LogP contribution in [0.25, 0.3) is 0 Å². The van der Waals surface area contributed by atoms with Gasteiger partial charge >= 0.3 is 17.9 Å². The van der Waals surface area contributed by atoms with E-state index in [4.69, 9.17) is 14.2 Å². The van der Waals surface area contributed by atoms with Crippen molar-refractivity contribution in [3.63, 3.8) is 0 Å². The highest BCUT2D eigenvalue weighted by Crippen LogP contribution is 2.17. The van der Waals surface area contributed by atoms with Crippen LogP contribution in [0.1, 0.15) is 316 Å². The molecule has 0 fully saturated rings. The Morgan fingerprint density at radius 3 is 0.890 bits per heavy atom. The molecule has 0 spiro atoms. The summed E-state index contributed by atoms with van der Waals surface area (Å²) in [6, 6.07) is 0. The molecule has 0 saturated heterocycles. The molecular weight excluding hydrogens is 901 g/mol. The van der Waals surface area contributed by atoms with Gasteiger partial charge in [0.25, 0.3) is 0 Å². The lowest BCUT2D eigenvalue weighted by Crippen LogP contribution is -2.30. The zero-order valence-electron chi connectivity index (χ0n) is 48.4. The molecule has 0 aliphatic heterocycles. The number of unbranched alkanes of at least 4 members (excludes halogenated alkanes) is 35. The Morgan fingerprint density at radius 2 is 0.575 bits per heavy atom. The van der Waals surface area contributed by atoms with E-state index in [-0.39, 0.29) is 31.6 Å². The minimum absolute atomic E-state index is 0.0998. The van der Waals surface area contributed by atoms with Gasteiger partial charge in [-0.2, -0.15) is 0 Å². The van der Waals surface area contributed by atoms with Crippen LogP contribution in [0.2, 0.25) is 0 Å². The molecule has 0 bridgehead atoms. The van der Waals surface area contributed by atoms with Crippen molar-refractivity contribution in [1.82, 2.24) is 0 Å². The number of hydrogen-bond donors (Lipinski definition) is 0. The molecule has 1 atom stereocenters. The summed E-state index contributed by atoms with van der Waals surface area (Å²) in [6.07, 6.45) is 79.9. The number of ether oxygens (including phenoxy) is 3. The second-order valence-electron chi connectivity index (χ2n) is 21.0. The van der Waals surface area contributed by atoms with E-state index in [9.17, 15) is 14.4 Å². The molecule has 73 heavy (non-hydrogen) atoms. The van der Waals surface area contributed by atoms with Crippen LogP contribution < -0.4 is 0 Å². The highest BCUT2D eigenvalue weighted by Gasteiger charge is 2.19. The van der Waals surface area contributed by atoms with Gasteiger partial charge in [0.15, 0.2) is 6.10 Å². The van der Waals surface area contributed by atoms with Gasteiger partial charge in [-0.15, -0.1) is 0 Å². The maximum Gasteiger partial charge on any atom is 0.310 e. The normalized spacial score (nSPS) is 12.5. The molecule has 0 aliphatic rings. The SMILES string of the molecule is CC/C=C\C/C=C\C/C=C\C/C=C\C/C=C\CC(=O)OC(COC(=O)CCCCCCCCC)COC(=O)CCCCCCCCCCCCCCCCCCCCCCC/C=C\CCCCCCCCCC. The second kappa shape index (κ2) is 61.4. The van der Waals surface area contributed by atoms with Crippen LogP contribution >= 0.6 is 0 Å². The van der Waals surface area contributed by atoms with Crippen molar-refractivity contribution in [2.75, 3.05) is 13.2 Å². The van der Waals surface area contributed by atoms with Gasteiger partial charge in [0.1, 0.15) is 13.2 Å². The fourth-order valence-corrected chi connectivity index (χ4v) is 9.05. The molecule has 0 radical (unpaired) electrons. The van der Waals surface area contributed by atoms with E-state index in [1.807, 2.05) is 6.08 Å². The highest BCUT2D eigenvalue weighted by molar-refractivity contribution is 5.72. The molecule has 0 aromatic rings. The van der Waals surface area contributed by atoms with E-state index < -0.39 is 12.1 Å². The van der Waals surface area contributed by atoms with E-state index in [0.29, 0.717) is 12.8 Å². The average Bonchev–Trinajstić information content (AvgIpc) is 3.39. The van der Waals surface area contributed by atoms with Gasteiger partial charge in [-0.05, 0) is 70.6 Å². The maximum absolute atomic E-state index is 12.7. The molecule has 0 aromatic heterocycles. The lowest BCUT2D eigenvalue weighted by atomic mass is 10.0. The first kappa shape index (κ1) is 69.8. The summed E-state index contributed by atoms with van der Waals surface area (Å²) in [5.74, 6) is -1.04. The molecule has 6 nitrogen and oxygen atoms in total. The topological polar surface area (TPSA) is 78.9 Å². The molecule has 0 aliphatic carbocycles. The minimum atomic E-state index is -0.825. The van der Waals surface area contributed by atoms with Gasteiger partial charge in [0, 0.05) is 12.8 Å². The largest absolute Gasteiger partial charge is 0.462 e. The minimum Gasteiger partial charge on any atom is -0.462 e. The van der Waals surface area contributed by atoms with Crippen LogP contribution in [0.15, 0.2) is 72.9 Å². The van der Waals surface area contributed by atoms with Crippen LogP contribution in [-0.2, 0) is 28.6 Å². The summed E-state index contributed by atoms with van der Waals surface area (Å²) in [5.41, 5.74) is 0. The summed E-state index contributed by atoms with van der Waals surface area (Å²) in [5, 5.41) is 0. The summed E-state index contributed by atoms with van der Waals surface area (Å²) in [7, 11) is 0. The van der Waals surface area contributed by atoms with Gasteiger partial charge < -0.3 is 14.2 Å². The predicted molar refractivity (Wildman–Crippen MR) is 316 cm³/mol. The fourth-order valence-electron chi connectivity index (χ4n) is 9.05. The first-order valence-corrected chi connectivity index (χ1v) is 31.4. The number of carbonyl (C=O) groups is 3. The third-order valence-corrected chi connectivity index (χ3v) is 13.7. The smallest absolute Gasteiger partial charge is 0.310 e. The average molecular weight is 1020 g/mol. The zero-order chi connectivity index (χ0) is 52.9. The molecule has 0 N–H and O–H groups in total. The molecule has 422 valence electrons. The van der Waals surface area contributed by atoms with Gasteiger partial charge in [-0.3, -0.25) is 14.4 Å². The van der Waals surface area contributed by atoms with Crippen molar-refractivity contribution >= 4 is 17.9 Å². The molecule has 0 amide bonds. The Kier molecular flexibility index (Phi) is 58.7. The lowest BCUT2D eigenvalue weighted by molar-refractivity contribution is -0.166. The van der Waals surface area contributed by atoms with Gasteiger partial charge in [-0.1, -0.05) is 299 Å². The third kappa shape index (κ3) is 59.6. The summed E-state index contributed by atoms with van der Waals surface area (Å²) < 4.78 is 16.7. The van der Waals surface area contributed by atoms with Gasteiger partial charge in [-0.25, -0.2) is 0 Å². The van der Waals surface area contributed by atoms with Gasteiger partial charge in [0.05, 0.1) is 6.42 Å². The number of allylic oxidation sites excluding steroid dienone is 11. The zero-order valence-corrected chi connectivity index (χ0v) is 48.4. The number of hydrogen-bond acceptors (Lipinski definition) is 6. The molecule has 0 aromatic carbocycles. The Labute approximate surface area is 453 Å². The third-order valence-electron chi connectivity index (χ3n) is 13.7. The Hall–Kier alpha value is -3.15. The Balaban J connectivity index is 4.02. The van der Waals surface area contributed by atoms with Crippen molar-refractivity contribution in [2.24, 2.45) is 0 Å². The van der Waals surface area contributed by atoms with E-state index >= 15 is 0 Å². The van der Waals surface area contributed by atoms with Crippen LogP contribution in [-0.4, -0.2) is 37.2 Å². The summed E-state index contributed by atoms with van der Waals surface area (Å²) in [4.78, 5) is 37.9. The van der Waals surface area contributed by atoms with E-state index in [0.717, 1.165) is 70.6 Å². The van der Waals surface area contributed by atoms with Crippen LogP contribution in [0.5, 0.6) is 0 Å². The van der Waals surface area contributed by atoms with E-state index in [2.05, 4.69) is 81.5 Å². The molecule has 0 saturated carbocycles. The van der Waals surface area contributed by atoms with Crippen LogP contribution in [0, 0.1) is 0 Å². The fraction of sp³-hybridized carbons (Fsp3) is 0.776. The molecule has 6 heteroatoms. The summed E-state index contributed by atoms with van der Waals surface area (Å²) in [6.45, 7) is 6.42. The molecular formula is C67H118O6. The monoisotopic (exact) mass is 1020 g/mol. The second-order valence-corrected chi connectivity index (χ2v) is 21.0. The number of carbonyl (C=O) groups excluding carboxylic acids is 3. The van der Waals surface area contributed by atoms with Crippen molar-refractivity contribution in [3.8, 4) is 0 Å². The first-order valence-electron chi connectivity index (χ1n) is 31.4. The molecule has 0 rings (SSSR count). The Bertz CT molecular complexity index is 1360.